The van der Waals surface area contributed by atoms with Gasteiger partial charge in [0.25, 0.3) is 5.91 Å². The van der Waals surface area contributed by atoms with Gasteiger partial charge in [-0.3, -0.25) is 4.79 Å². The van der Waals surface area contributed by atoms with E-state index in [1.807, 2.05) is 6.92 Å². The molecule has 1 aromatic rings. The van der Waals surface area contributed by atoms with Crippen molar-refractivity contribution in [1.82, 2.24) is 0 Å². The molecule has 2 unspecified atom stereocenters. The third kappa shape index (κ3) is 3.46. The molecule has 21 heavy (non-hydrogen) atoms. The topological polar surface area (TPSA) is 84.9 Å². The fraction of sp³-hybridized carbons (Fsp3) is 0.429. The Morgan fingerprint density at radius 3 is 2.62 bits per heavy atom. The molecule has 0 radical (unpaired) electrons. The largest absolute Gasteiger partial charge is 0.495 e. The van der Waals surface area contributed by atoms with Crippen molar-refractivity contribution < 1.29 is 24.2 Å². The summed E-state index contributed by atoms with van der Waals surface area (Å²) < 4.78 is 10.4. The molecule has 1 amide bonds. The minimum Gasteiger partial charge on any atom is -0.495 e. The number of anilines is 1. The van der Waals surface area contributed by atoms with Crippen molar-refractivity contribution in [2.45, 2.75) is 32.0 Å². The van der Waals surface area contributed by atoms with Crippen molar-refractivity contribution in [2.75, 3.05) is 12.4 Å². The first-order chi connectivity index (χ1) is 9.92. The first-order valence-electron chi connectivity index (χ1n) is 6.45. The Hall–Kier alpha value is -1.79. The van der Waals surface area contributed by atoms with Gasteiger partial charge < -0.3 is 19.9 Å². The molecule has 2 rings (SSSR count). The number of carboxylic acids is 1. The number of halogens is 1. The number of aliphatic carboxylic acids is 1. The van der Waals surface area contributed by atoms with E-state index in [0.29, 0.717) is 29.3 Å². The van der Waals surface area contributed by atoms with Gasteiger partial charge >= 0.3 is 5.97 Å². The predicted octanol–water partition coefficient (Wildman–Crippen LogP) is 2.23. The first kappa shape index (κ1) is 15.6. The van der Waals surface area contributed by atoms with Crippen LogP contribution in [0, 0.1) is 6.92 Å². The lowest BCUT2D eigenvalue weighted by Crippen LogP contribution is -2.30. The summed E-state index contributed by atoms with van der Waals surface area (Å²) in [7, 11) is 1.48. The van der Waals surface area contributed by atoms with Gasteiger partial charge in [-0.25, -0.2) is 4.79 Å². The highest BCUT2D eigenvalue weighted by atomic mass is 35.5. The summed E-state index contributed by atoms with van der Waals surface area (Å²) in [5.41, 5.74) is 1.27. The van der Waals surface area contributed by atoms with Crippen LogP contribution in [-0.4, -0.2) is 36.3 Å². The van der Waals surface area contributed by atoms with E-state index < -0.39 is 24.1 Å². The molecule has 1 aliphatic rings. The molecule has 0 saturated carbocycles. The third-order valence-electron chi connectivity index (χ3n) is 3.33. The number of aryl methyl sites for hydroxylation is 1. The molecular weight excluding hydrogens is 298 g/mol. The summed E-state index contributed by atoms with van der Waals surface area (Å²) in [5.74, 6) is -1.00. The van der Waals surface area contributed by atoms with E-state index in [4.69, 9.17) is 26.2 Å². The molecule has 6 nitrogen and oxygen atoms in total. The zero-order valence-electron chi connectivity index (χ0n) is 11.7. The Morgan fingerprint density at radius 1 is 1.38 bits per heavy atom. The molecule has 114 valence electrons. The Labute approximate surface area is 127 Å². The van der Waals surface area contributed by atoms with Gasteiger partial charge in [0.15, 0.2) is 6.10 Å². The van der Waals surface area contributed by atoms with Crippen LogP contribution in [0.2, 0.25) is 5.02 Å². The van der Waals surface area contributed by atoms with Gasteiger partial charge in [0.05, 0.1) is 12.8 Å². The van der Waals surface area contributed by atoms with Crippen LogP contribution in [0.1, 0.15) is 18.4 Å². The Morgan fingerprint density at radius 2 is 2.05 bits per heavy atom. The zero-order valence-corrected chi connectivity index (χ0v) is 12.4. The molecule has 1 saturated heterocycles. The highest BCUT2D eigenvalue weighted by Gasteiger charge is 2.35. The number of hydrogen-bond acceptors (Lipinski definition) is 4. The minimum atomic E-state index is -1.05. The number of carboxylic acid groups (broad SMARTS) is 1. The molecule has 1 aromatic carbocycles. The van der Waals surface area contributed by atoms with Crippen molar-refractivity contribution in [3.63, 3.8) is 0 Å². The van der Waals surface area contributed by atoms with E-state index in [1.165, 1.54) is 7.11 Å². The molecular formula is C14H16ClNO5. The van der Waals surface area contributed by atoms with Crippen LogP contribution in [0.3, 0.4) is 0 Å². The second-order valence-electron chi connectivity index (χ2n) is 4.82. The van der Waals surface area contributed by atoms with E-state index in [1.54, 1.807) is 12.1 Å². The van der Waals surface area contributed by atoms with Crippen molar-refractivity contribution in [3.05, 3.63) is 22.7 Å². The lowest BCUT2D eigenvalue weighted by Gasteiger charge is -2.15. The summed E-state index contributed by atoms with van der Waals surface area (Å²) in [6, 6.07) is 3.31. The standard InChI is InChI=1S/C14H16ClNO5/c1-7-5-9(12(20-2)6-8(7)15)16-13(17)10-3-4-11(21-10)14(18)19/h5-6,10-11H,3-4H2,1-2H3,(H,16,17)(H,18,19). The third-order valence-corrected chi connectivity index (χ3v) is 3.73. The molecule has 0 aromatic heterocycles. The van der Waals surface area contributed by atoms with Crippen LogP contribution in [0.15, 0.2) is 12.1 Å². The SMILES string of the molecule is COc1cc(Cl)c(C)cc1NC(=O)C1CCC(C(=O)O)O1. The maximum absolute atomic E-state index is 12.1. The highest BCUT2D eigenvalue weighted by molar-refractivity contribution is 6.31. The molecule has 1 fully saturated rings. The second-order valence-corrected chi connectivity index (χ2v) is 5.23. The summed E-state index contributed by atoms with van der Waals surface area (Å²) >= 11 is 6.00. The van der Waals surface area contributed by atoms with Crippen LogP contribution in [0.4, 0.5) is 5.69 Å². The number of benzene rings is 1. The van der Waals surface area contributed by atoms with Gasteiger partial charge in [0, 0.05) is 11.1 Å². The van der Waals surface area contributed by atoms with E-state index in [2.05, 4.69) is 5.32 Å². The number of hydrogen-bond donors (Lipinski definition) is 2. The molecule has 1 aliphatic heterocycles. The summed E-state index contributed by atoms with van der Waals surface area (Å²) in [6.45, 7) is 1.81. The molecule has 7 heteroatoms. The van der Waals surface area contributed by atoms with Gasteiger partial charge in [-0.1, -0.05) is 11.6 Å². The lowest BCUT2D eigenvalue weighted by atomic mass is 10.1. The van der Waals surface area contributed by atoms with E-state index in [-0.39, 0.29) is 0 Å². The number of ether oxygens (including phenoxy) is 2. The molecule has 0 bridgehead atoms. The number of carbonyl (C=O) groups excluding carboxylic acids is 1. The Bertz CT molecular complexity index is 575. The second kappa shape index (κ2) is 6.32. The normalized spacial score (nSPS) is 21.1. The van der Waals surface area contributed by atoms with E-state index >= 15 is 0 Å². The Balaban J connectivity index is 2.10. The summed E-state index contributed by atoms with van der Waals surface area (Å²) in [6.07, 6.45) is -0.997. The first-order valence-corrected chi connectivity index (χ1v) is 6.83. The zero-order chi connectivity index (χ0) is 15.6. The van der Waals surface area contributed by atoms with Crippen LogP contribution in [0.5, 0.6) is 5.75 Å². The van der Waals surface area contributed by atoms with E-state index in [9.17, 15) is 9.59 Å². The summed E-state index contributed by atoms with van der Waals surface area (Å²) in [5, 5.41) is 12.1. The van der Waals surface area contributed by atoms with Crippen molar-refractivity contribution in [3.8, 4) is 5.75 Å². The van der Waals surface area contributed by atoms with Gasteiger partial charge in [-0.2, -0.15) is 0 Å². The van der Waals surface area contributed by atoms with Gasteiger partial charge in [-0.15, -0.1) is 0 Å². The Kier molecular flexibility index (Phi) is 4.69. The molecule has 2 N–H and O–H groups in total. The van der Waals surface area contributed by atoms with Crippen molar-refractivity contribution >= 4 is 29.2 Å². The number of amides is 1. The number of methoxy groups -OCH3 is 1. The van der Waals surface area contributed by atoms with Crippen LogP contribution < -0.4 is 10.1 Å². The lowest BCUT2D eigenvalue weighted by molar-refractivity contribution is -0.150. The smallest absolute Gasteiger partial charge is 0.332 e. The van der Waals surface area contributed by atoms with Crippen LogP contribution >= 0.6 is 11.6 Å². The fourth-order valence-corrected chi connectivity index (χ4v) is 2.31. The predicted molar refractivity (Wildman–Crippen MR) is 76.9 cm³/mol. The number of nitrogens with one attached hydrogen (secondary N) is 1. The summed E-state index contributed by atoms with van der Waals surface area (Å²) in [4.78, 5) is 22.9. The highest BCUT2D eigenvalue weighted by Crippen LogP contribution is 2.31. The van der Waals surface area contributed by atoms with E-state index in [0.717, 1.165) is 5.56 Å². The molecule has 2 atom stereocenters. The fourth-order valence-electron chi connectivity index (χ4n) is 2.15. The molecule has 0 aliphatic carbocycles. The minimum absolute atomic E-state index is 0.324. The van der Waals surface area contributed by atoms with Crippen molar-refractivity contribution in [2.24, 2.45) is 0 Å². The number of rotatable bonds is 4. The van der Waals surface area contributed by atoms with Gasteiger partial charge in [-0.05, 0) is 31.4 Å². The molecule has 0 spiro atoms. The van der Waals surface area contributed by atoms with Gasteiger partial charge in [0.1, 0.15) is 11.9 Å². The van der Waals surface area contributed by atoms with Crippen LogP contribution in [-0.2, 0) is 14.3 Å². The average Bonchev–Trinajstić information content (AvgIpc) is 2.92. The van der Waals surface area contributed by atoms with Gasteiger partial charge in [0.2, 0.25) is 0 Å². The maximum atomic E-state index is 12.1. The van der Waals surface area contributed by atoms with Crippen LogP contribution in [0.25, 0.3) is 0 Å². The monoisotopic (exact) mass is 313 g/mol. The van der Waals surface area contributed by atoms with Crippen molar-refractivity contribution in [1.29, 1.82) is 0 Å². The average molecular weight is 314 g/mol. The molecule has 1 heterocycles. The maximum Gasteiger partial charge on any atom is 0.332 e. The number of carbonyl (C=O) groups is 2. The quantitative estimate of drug-likeness (QED) is 0.890.